The summed E-state index contributed by atoms with van der Waals surface area (Å²) in [5, 5.41) is 12.6. The summed E-state index contributed by atoms with van der Waals surface area (Å²) in [6.07, 6.45) is 3.95. The van der Waals surface area contributed by atoms with E-state index >= 15 is 0 Å². The lowest BCUT2D eigenvalue weighted by molar-refractivity contribution is -0.384. The van der Waals surface area contributed by atoms with Crippen LogP contribution >= 0.6 is 0 Å². The summed E-state index contributed by atoms with van der Waals surface area (Å²) in [5.74, 6) is -4.94. The van der Waals surface area contributed by atoms with Gasteiger partial charge in [-0.1, -0.05) is 25.1 Å². The zero-order valence-electron chi connectivity index (χ0n) is 18.1. The number of rotatable bonds is 6. The molecule has 2 aliphatic rings. The van der Waals surface area contributed by atoms with Crippen LogP contribution < -0.4 is 0 Å². The third-order valence-electron chi connectivity index (χ3n) is 6.09. The second kappa shape index (κ2) is 8.97. The first-order valence-electron chi connectivity index (χ1n) is 10.6. The monoisotopic (exact) mass is 465 g/mol. The van der Waals surface area contributed by atoms with Crippen LogP contribution in [0.1, 0.15) is 34.1 Å². The maximum absolute atomic E-state index is 13.4. The molecule has 2 aromatic carbocycles. The zero-order chi connectivity index (χ0) is 24.6. The Morgan fingerprint density at radius 2 is 1.82 bits per heavy atom. The molecule has 174 valence electrons. The van der Waals surface area contributed by atoms with Crippen LogP contribution in [0.3, 0.4) is 0 Å². The molecule has 0 saturated carbocycles. The van der Waals surface area contributed by atoms with Crippen LogP contribution in [-0.4, -0.2) is 45.0 Å². The van der Waals surface area contributed by atoms with E-state index in [0.29, 0.717) is 11.4 Å². The second-order valence-corrected chi connectivity index (χ2v) is 8.24. The number of carbonyl (C=O) groups excluding carboxylic acids is 4. The van der Waals surface area contributed by atoms with Crippen molar-refractivity contribution in [2.45, 2.75) is 13.3 Å². The highest BCUT2D eigenvalue weighted by atomic mass is 19.1. The number of hydrazine groups is 1. The van der Waals surface area contributed by atoms with Crippen molar-refractivity contribution in [3.8, 4) is 0 Å². The smallest absolute Gasteiger partial charge is 0.273 e. The van der Waals surface area contributed by atoms with E-state index in [2.05, 4.69) is 0 Å². The molecule has 4 rings (SSSR count). The number of amides is 3. The molecule has 1 saturated heterocycles. The molecule has 3 atom stereocenters. The molecule has 0 bridgehead atoms. The lowest BCUT2D eigenvalue weighted by atomic mass is 9.78. The van der Waals surface area contributed by atoms with E-state index in [9.17, 15) is 33.7 Å². The second-order valence-electron chi connectivity index (χ2n) is 8.24. The summed E-state index contributed by atoms with van der Waals surface area (Å²) in [5.41, 5.74) is -0.450. The predicted molar refractivity (Wildman–Crippen MR) is 117 cm³/mol. The number of non-ortho nitro benzene ring substituents is 1. The molecule has 10 heteroatoms. The van der Waals surface area contributed by atoms with Gasteiger partial charge in [0.25, 0.3) is 23.4 Å². The number of halogens is 1. The van der Waals surface area contributed by atoms with Crippen molar-refractivity contribution in [1.29, 1.82) is 0 Å². The Labute approximate surface area is 193 Å². The SMILES string of the molecule is C[C@@H]1C=CC[C@@H]2C(=O)N(N(CC(=O)c3ccc(F)cc3)C(=O)c3cccc([N+](=O)[O-])c3)C(=O)[C@H]12. The normalized spacial score (nSPS) is 21.4. The largest absolute Gasteiger partial charge is 0.292 e. The number of fused-ring (bicyclic) bond motifs is 1. The molecule has 1 fully saturated rings. The average Bonchev–Trinajstić information content (AvgIpc) is 3.08. The van der Waals surface area contributed by atoms with Gasteiger partial charge in [-0.05, 0) is 42.7 Å². The standard InChI is InChI=1S/C24H20FN3O6/c1-14-4-2-7-19-21(14)24(32)27(23(19)31)26(13-20(29)15-8-10-17(25)11-9-15)22(30)16-5-3-6-18(12-16)28(33)34/h2-6,8-12,14,19,21H,7,13H2,1H3/t14-,19+,21-/m1/s1. The molecule has 1 heterocycles. The molecular weight excluding hydrogens is 445 g/mol. The Hall–Kier alpha value is -4.21. The van der Waals surface area contributed by atoms with Crippen molar-refractivity contribution >= 4 is 29.2 Å². The van der Waals surface area contributed by atoms with Gasteiger partial charge in [-0.25, -0.2) is 9.40 Å². The predicted octanol–water partition coefficient (Wildman–Crippen LogP) is 3.17. The van der Waals surface area contributed by atoms with Gasteiger partial charge in [-0.15, -0.1) is 0 Å². The molecule has 0 radical (unpaired) electrons. The number of Topliss-reactive ketones (excluding diaryl/α,β-unsaturated/α-hetero) is 1. The Kier molecular flexibility index (Phi) is 6.06. The molecule has 3 amide bonds. The quantitative estimate of drug-likeness (QED) is 0.213. The minimum atomic E-state index is -0.917. The van der Waals surface area contributed by atoms with Gasteiger partial charge in [0.1, 0.15) is 12.4 Å². The summed E-state index contributed by atoms with van der Waals surface area (Å²) < 4.78 is 13.3. The van der Waals surface area contributed by atoms with Crippen molar-refractivity contribution < 1.29 is 28.5 Å². The van der Waals surface area contributed by atoms with Gasteiger partial charge in [0, 0.05) is 23.3 Å². The first-order chi connectivity index (χ1) is 16.2. The van der Waals surface area contributed by atoms with E-state index < -0.39 is 52.6 Å². The van der Waals surface area contributed by atoms with Crippen molar-refractivity contribution in [3.63, 3.8) is 0 Å². The summed E-state index contributed by atoms with van der Waals surface area (Å²) in [6, 6.07) is 9.42. The van der Waals surface area contributed by atoms with Crippen LogP contribution in [0.25, 0.3) is 0 Å². The number of benzene rings is 2. The topological polar surface area (TPSA) is 118 Å². The lowest BCUT2D eigenvalue weighted by Crippen LogP contribution is -2.52. The number of hydrogen-bond acceptors (Lipinski definition) is 6. The van der Waals surface area contributed by atoms with Gasteiger partial charge in [0.2, 0.25) is 0 Å². The number of allylic oxidation sites excluding steroid dienone is 2. The van der Waals surface area contributed by atoms with E-state index in [1.165, 1.54) is 30.3 Å². The molecule has 34 heavy (non-hydrogen) atoms. The summed E-state index contributed by atoms with van der Waals surface area (Å²) in [7, 11) is 0. The van der Waals surface area contributed by atoms with Gasteiger partial charge in [0.05, 0.1) is 16.8 Å². The molecule has 9 nitrogen and oxygen atoms in total. The minimum absolute atomic E-state index is 0.0739. The minimum Gasteiger partial charge on any atom is -0.292 e. The fraction of sp³-hybridized carbons (Fsp3) is 0.250. The number of nitrogens with zero attached hydrogens (tertiary/aromatic N) is 3. The maximum Gasteiger partial charge on any atom is 0.273 e. The fourth-order valence-electron chi connectivity index (χ4n) is 4.37. The van der Waals surface area contributed by atoms with E-state index in [1.807, 2.05) is 6.08 Å². The Morgan fingerprint density at radius 3 is 2.47 bits per heavy atom. The van der Waals surface area contributed by atoms with Crippen molar-refractivity contribution in [2.24, 2.45) is 17.8 Å². The van der Waals surface area contributed by atoms with Crippen molar-refractivity contribution in [3.05, 3.63) is 87.7 Å². The highest BCUT2D eigenvalue weighted by molar-refractivity contribution is 6.10. The molecule has 0 unspecified atom stereocenters. The van der Waals surface area contributed by atoms with Gasteiger partial charge in [0.15, 0.2) is 5.78 Å². The highest BCUT2D eigenvalue weighted by Crippen LogP contribution is 2.39. The van der Waals surface area contributed by atoms with E-state index in [0.717, 1.165) is 23.2 Å². The van der Waals surface area contributed by atoms with Crippen LogP contribution in [0.15, 0.2) is 60.7 Å². The Bertz CT molecular complexity index is 1230. The lowest BCUT2D eigenvalue weighted by Gasteiger charge is -2.30. The molecule has 0 aromatic heterocycles. The number of nitro groups is 1. The number of hydrogen-bond donors (Lipinski definition) is 0. The molecule has 1 aliphatic carbocycles. The van der Waals surface area contributed by atoms with Gasteiger partial charge >= 0.3 is 0 Å². The molecule has 2 aromatic rings. The first kappa shape index (κ1) is 23.0. The van der Waals surface area contributed by atoms with E-state index in [1.54, 1.807) is 13.0 Å². The Morgan fingerprint density at radius 1 is 1.12 bits per heavy atom. The Balaban J connectivity index is 1.73. The summed E-state index contributed by atoms with van der Waals surface area (Å²) in [4.78, 5) is 63.4. The number of nitro benzene ring substituents is 1. The molecule has 1 aliphatic heterocycles. The van der Waals surface area contributed by atoms with Crippen LogP contribution in [0.4, 0.5) is 10.1 Å². The van der Waals surface area contributed by atoms with E-state index in [4.69, 9.17) is 0 Å². The highest BCUT2D eigenvalue weighted by Gasteiger charge is 2.53. The third kappa shape index (κ3) is 4.09. The van der Waals surface area contributed by atoms with Crippen molar-refractivity contribution in [1.82, 2.24) is 10.0 Å². The number of carbonyl (C=O) groups is 4. The summed E-state index contributed by atoms with van der Waals surface area (Å²) >= 11 is 0. The van der Waals surface area contributed by atoms with Crippen LogP contribution in [0.2, 0.25) is 0 Å². The van der Waals surface area contributed by atoms with Gasteiger partial charge in [-0.2, -0.15) is 5.01 Å². The molecular formula is C24H20FN3O6. The maximum atomic E-state index is 13.4. The molecule has 0 spiro atoms. The average molecular weight is 465 g/mol. The number of ketones is 1. The number of imide groups is 1. The van der Waals surface area contributed by atoms with Crippen LogP contribution in [-0.2, 0) is 9.59 Å². The van der Waals surface area contributed by atoms with Gasteiger partial charge in [-0.3, -0.25) is 29.3 Å². The third-order valence-corrected chi connectivity index (χ3v) is 6.09. The van der Waals surface area contributed by atoms with Crippen LogP contribution in [0.5, 0.6) is 0 Å². The summed E-state index contributed by atoms with van der Waals surface area (Å²) in [6.45, 7) is 1.10. The first-order valence-corrected chi connectivity index (χ1v) is 10.6. The van der Waals surface area contributed by atoms with Crippen LogP contribution in [0, 0.1) is 33.7 Å². The molecule has 0 N–H and O–H groups in total. The zero-order valence-corrected chi connectivity index (χ0v) is 18.1. The van der Waals surface area contributed by atoms with Gasteiger partial charge < -0.3 is 0 Å². The van der Waals surface area contributed by atoms with Crippen molar-refractivity contribution in [2.75, 3.05) is 6.54 Å². The fourth-order valence-corrected chi connectivity index (χ4v) is 4.37. The van der Waals surface area contributed by atoms with E-state index in [-0.39, 0.29) is 22.7 Å².